The van der Waals surface area contributed by atoms with Crippen molar-refractivity contribution in [1.82, 2.24) is 13.7 Å². The molecule has 0 bridgehead atoms. The van der Waals surface area contributed by atoms with Gasteiger partial charge < -0.3 is 18.6 Å². The summed E-state index contributed by atoms with van der Waals surface area (Å²) in [4.78, 5) is 2.28. The molecule has 0 fully saturated rings. The minimum absolute atomic E-state index is 0.452. The summed E-state index contributed by atoms with van der Waals surface area (Å²) in [6.45, 7) is 0. The van der Waals surface area contributed by atoms with Gasteiger partial charge in [-0.2, -0.15) is 10.5 Å². The first kappa shape index (κ1) is 37.2. The highest BCUT2D eigenvalue weighted by molar-refractivity contribution is 6.25. The van der Waals surface area contributed by atoms with Crippen LogP contribution in [0.25, 0.3) is 93.3 Å². The van der Waals surface area contributed by atoms with Crippen LogP contribution in [-0.4, -0.2) is 13.7 Å². The molecule has 0 unspecified atom stereocenters. The van der Waals surface area contributed by atoms with E-state index in [4.69, 9.17) is 0 Å². The lowest BCUT2D eigenvalue weighted by Crippen LogP contribution is -2.09. The van der Waals surface area contributed by atoms with Crippen molar-refractivity contribution in [2.45, 2.75) is 0 Å². The third-order valence-electron chi connectivity index (χ3n) is 13.2. The van der Waals surface area contributed by atoms with Gasteiger partial charge in [0.05, 0.1) is 55.6 Å². The van der Waals surface area contributed by atoms with Gasteiger partial charge in [-0.25, -0.2) is 0 Å². The maximum atomic E-state index is 11.4. The van der Waals surface area contributed by atoms with Crippen molar-refractivity contribution in [3.05, 3.63) is 230 Å². The zero-order valence-electron chi connectivity index (χ0n) is 35.5. The Bertz CT molecular complexity index is 4140. The molecule has 0 aliphatic carbocycles. The normalized spacial score (nSPS) is 11.6. The average Bonchev–Trinajstić information content (AvgIpc) is 4.03. The minimum Gasteiger partial charge on any atom is -0.310 e. The molecule has 0 saturated heterocycles. The lowest BCUT2D eigenvalue weighted by atomic mass is 10.0. The monoisotopic (exact) mass is 840 g/mol. The van der Waals surface area contributed by atoms with Gasteiger partial charge in [0.1, 0.15) is 12.1 Å². The minimum atomic E-state index is 0.452. The van der Waals surface area contributed by atoms with Crippen molar-refractivity contribution in [3.63, 3.8) is 0 Å². The number of rotatable bonds is 6. The topological polar surface area (TPSA) is 65.6 Å². The lowest BCUT2D eigenvalue weighted by Gasteiger charge is -2.25. The van der Waals surface area contributed by atoms with Crippen molar-refractivity contribution >= 4 is 93.3 Å². The van der Waals surface area contributed by atoms with Gasteiger partial charge in [0.15, 0.2) is 0 Å². The van der Waals surface area contributed by atoms with Crippen LogP contribution in [0.15, 0.2) is 218 Å². The second-order valence-corrected chi connectivity index (χ2v) is 16.7. The molecule has 13 rings (SSSR count). The molecule has 0 spiro atoms. The highest BCUT2D eigenvalue weighted by Gasteiger charge is 2.26. The first-order chi connectivity index (χ1) is 32.7. The van der Waals surface area contributed by atoms with E-state index in [1.54, 1.807) is 0 Å². The molecule has 6 heteroatoms. The predicted molar refractivity (Wildman–Crippen MR) is 271 cm³/mol. The Morgan fingerprint density at radius 1 is 0.333 bits per heavy atom. The number of hydrogen-bond donors (Lipinski definition) is 0. The maximum absolute atomic E-state index is 11.4. The van der Waals surface area contributed by atoms with Gasteiger partial charge in [-0.05, 0) is 95.7 Å². The van der Waals surface area contributed by atoms with Crippen molar-refractivity contribution in [2.75, 3.05) is 4.90 Å². The number of benzene rings is 10. The SMILES string of the molecule is N#Cc1cc(-n2c3ccc(N(c4ccccc4)c4ccccc4)cc3c3ccc4c5ccccc5n(-c5ccccc5)c4c32)c(C#N)cc1-n1c2ccccc2c2c3ccccc3ccc21. The molecule has 0 N–H and O–H groups in total. The second-order valence-electron chi connectivity index (χ2n) is 16.7. The Morgan fingerprint density at radius 3 is 1.50 bits per heavy atom. The zero-order valence-corrected chi connectivity index (χ0v) is 35.5. The van der Waals surface area contributed by atoms with Crippen LogP contribution >= 0.6 is 0 Å². The van der Waals surface area contributed by atoms with E-state index in [0.717, 1.165) is 98.9 Å². The van der Waals surface area contributed by atoms with Crippen LogP contribution in [0.2, 0.25) is 0 Å². The largest absolute Gasteiger partial charge is 0.310 e. The van der Waals surface area contributed by atoms with Crippen molar-refractivity contribution in [2.24, 2.45) is 0 Å². The van der Waals surface area contributed by atoms with Crippen LogP contribution in [0.5, 0.6) is 0 Å². The van der Waals surface area contributed by atoms with E-state index in [-0.39, 0.29) is 0 Å². The molecular weight excluding hydrogens is 805 g/mol. The Kier molecular flexibility index (Phi) is 8.24. The van der Waals surface area contributed by atoms with Gasteiger partial charge in [0.2, 0.25) is 0 Å². The van der Waals surface area contributed by atoms with Crippen molar-refractivity contribution in [3.8, 4) is 29.2 Å². The maximum Gasteiger partial charge on any atom is 0.101 e. The van der Waals surface area contributed by atoms with E-state index >= 15 is 0 Å². The van der Waals surface area contributed by atoms with E-state index in [9.17, 15) is 10.5 Å². The fourth-order valence-corrected chi connectivity index (χ4v) is 10.5. The molecule has 13 aromatic rings. The summed E-state index contributed by atoms with van der Waals surface area (Å²) in [6, 6.07) is 81.1. The number of anilines is 3. The molecule has 0 amide bonds. The van der Waals surface area contributed by atoms with Gasteiger partial charge in [-0.3, -0.25) is 0 Å². The predicted octanol–water partition coefficient (Wildman–Crippen LogP) is 15.3. The van der Waals surface area contributed by atoms with Crippen molar-refractivity contribution in [1.29, 1.82) is 10.5 Å². The van der Waals surface area contributed by atoms with Crippen LogP contribution in [0.1, 0.15) is 11.1 Å². The molecule has 3 heterocycles. The lowest BCUT2D eigenvalue weighted by molar-refractivity contribution is 1.12. The number of para-hydroxylation sites is 5. The molecule has 10 aromatic carbocycles. The summed E-state index contributed by atoms with van der Waals surface area (Å²) in [5, 5.41) is 31.4. The number of hydrogen-bond acceptors (Lipinski definition) is 3. The van der Waals surface area contributed by atoms with Crippen LogP contribution in [0.3, 0.4) is 0 Å². The molecule has 66 heavy (non-hydrogen) atoms. The first-order valence-electron chi connectivity index (χ1n) is 22.1. The third kappa shape index (κ3) is 5.40. The standard InChI is InChI=1S/C60H36N6/c61-37-40-35-57(41(38-62)34-56(40)65-53-27-15-13-25-50(53)58-46-23-11-10-16-39(46)28-32-55(58)65)66-54-33-29-45(63(42-17-4-1-5-18-42)43-19-6-2-7-20-43)36-51(54)49-31-30-48-47-24-12-14-26-52(47)64(59(48)60(49)66)44-21-8-3-9-22-44/h1-36H. The third-order valence-corrected chi connectivity index (χ3v) is 13.2. The van der Waals surface area contributed by atoms with Gasteiger partial charge >= 0.3 is 0 Å². The van der Waals surface area contributed by atoms with Gasteiger partial charge in [0, 0.05) is 55.1 Å². The average molecular weight is 841 g/mol. The number of aromatic nitrogens is 3. The molecule has 306 valence electrons. The van der Waals surface area contributed by atoms with Crippen molar-refractivity contribution < 1.29 is 0 Å². The smallest absolute Gasteiger partial charge is 0.101 e. The quantitative estimate of drug-likeness (QED) is 0.167. The van der Waals surface area contributed by atoms with Crippen LogP contribution in [0, 0.1) is 22.7 Å². The van der Waals surface area contributed by atoms with E-state index in [1.807, 2.05) is 36.4 Å². The number of nitriles is 2. The molecular formula is C60H36N6. The fraction of sp³-hybridized carbons (Fsp3) is 0. The second kappa shape index (κ2) is 14.6. The molecule has 6 nitrogen and oxygen atoms in total. The van der Waals surface area contributed by atoms with Crippen LogP contribution in [-0.2, 0) is 0 Å². The summed E-state index contributed by atoms with van der Waals surface area (Å²) >= 11 is 0. The Hall–Kier alpha value is -9.36. The highest BCUT2D eigenvalue weighted by atomic mass is 15.1. The molecule has 0 saturated carbocycles. The van der Waals surface area contributed by atoms with Crippen LogP contribution < -0.4 is 4.90 Å². The molecule has 0 radical (unpaired) electrons. The summed E-state index contributed by atoms with van der Waals surface area (Å²) < 4.78 is 6.73. The Morgan fingerprint density at radius 2 is 0.833 bits per heavy atom. The summed E-state index contributed by atoms with van der Waals surface area (Å²) in [7, 11) is 0. The number of fused-ring (bicyclic) bond motifs is 12. The zero-order chi connectivity index (χ0) is 43.9. The van der Waals surface area contributed by atoms with Gasteiger partial charge in [-0.15, -0.1) is 0 Å². The van der Waals surface area contributed by atoms with Gasteiger partial charge in [-0.1, -0.05) is 133 Å². The van der Waals surface area contributed by atoms with E-state index < -0.39 is 0 Å². The summed E-state index contributed by atoms with van der Waals surface area (Å²) in [5.74, 6) is 0. The van der Waals surface area contributed by atoms with E-state index in [2.05, 4.69) is 213 Å². The molecule has 0 atom stereocenters. The molecule has 3 aromatic heterocycles. The van der Waals surface area contributed by atoms with E-state index in [0.29, 0.717) is 22.5 Å². The molecule has 0 aliphatic rings. The fourth-order valence-electron chi connectivity index (χ4n) is 10.5. The highest BCUT2D eigenvalue weighted by Crippen LogP contribution is 2.46. The van der Waals surface area contributed by atoms with E-state index in [1.165, 1.54) is 0 Å². The van der Waals surface area contributed by atoms with Crippen LogP contribution in [0.4, 0.5) is 17.1 Å². The number of nitrogens with zero attached hydrogens (tertiary/aromatic N) is 6. The molecule has 0 aliphatic heterocycles. The summed E-state index contributed by atoms with van der Waals surface area (Å²) in [6.07, 6.45) is 0. The Labute approximate surface area is 379 Å². The summed E-state index contributed by atoms with van der Waals surface area (Å²) in [5.41, 5.74) is 12.2. The van der Waals surface area contributed by atoms with Gasteiger partial charge in [0.25, 0.3) is 0 Å². The Balaban J connectivity index is 1.16. The first-order valence-corrected chi connectivity index (χ1v) is 22.1.